The van der Waals surface area contributed by atoms with Crippen molar-refractivity contribution in [2.75, 3.05) is 13.2 Å². The van der Waals surface area contributed by atoms with E-state index in [4.69, 9.17) is 20.3 Å². The lowest BCUT2D eigenvalue weighted by atomic mass is 10.1. The van der Waals surface area contributed by atoms with Crippen LogP contribution in [-0.4, -0.2) is 39.8 Å². The molecule has 0 atom stereocenters. The average Bonchev–Trinajstić information content (AvgIpc) is 2.84. The molecule has 0 aliphatic carbocycles. The van der Waals surface area contributed by atoms with Crippen molar-refractivity contribution < 1.29 is 28.6 Å². The molecule has 10 nitrogen and oxygen atoms in total. The van der Waals surface area contributed by atoms with Gasteiger partial charge in [0.25, 0.3) is 11.5 Å². The van der Waals surface area contributed by atoms with Gasteiger partial charge in [0.15, 0.2) is 0 Å². The second-order valence-electron chi connectivity index (χ2n) is 7.71. The molecule has 0 spiro atoms. The third-order valence-corrected chi connectivity index (χ3v) is 5.86. The Labute approximate surface area is 214 Å². The molecule has 0 radical (unpaired) electrons. The number of nitrogens with one attached hydrogen (secondary N) is 1. The minimum absolute atomic E-state index is 0.00865. The molecule has 0 unspecified atom stereocenters. The number of carbonyl (C=O) groups excluding carboxylic acids is 2. The normalized spacial score (nSPS) is 10.7. The predicted octanol–water partition coefficient (Wildman–Crippen LogP) is 2.65. The van der Waals surface area contributed by atoms with Crippen molar-refractivity contribution in [3.8, 4) is 11.6 Å². The first-order valence-electron chi connectivity index (χ1n) is 10.7. The largest absolute Gasteiger partial charge is 0.472 e. The van der Waals surface area contributed by atoms with E-state index < -0.39 is 23.4 Å². The highest BCUT2D eigenvalue weighted by atomic mass is 79.9. The molecule has 0 aliphatic rings. The summed E-state index contributed by atoms with van der Waals surface area (Å²) in [6, 6.07) is 8.78. The van der Waals surface area contributed by atoms with E-state index in [-0.39, 0.29) is 36.7 Å². The summed E-state index contributed by atoms with van der Waals surface area (Å²) in [4.78, 5) is 40.9. The molecular weight excluding hydrogens is 539 g/mol. The van der Waals surface area contributed by atoms with Crippen LogP contribution in [0.15, 0.2) is 45.7 Å². The summed E-state index contributed by atoms with van der Waals surface area (Å²) in [6.07, 6.45) is -1.000. The molecule has 12 heteroatoms. The van der Waals surface area contributed by atoms with E-state index in [2.05, 4.69) is 26.2 Å². The molecule has 0 aliphatic heterocycles. The first-order chi connectivity index (χ1) is 17.1. The molecule has 2 amide bonds. The Kier molecular flexibility index (Phi) is 8.78. The van der Waals surface area contributed by atoms with Crippen LogP contribution in [0, 0.1) is 19.7 Å². The first-order valence-corrected chi connectivity index (χ1v) is 11.5. The number of nitrogens with zero attached hydrogens (tertiary/aromatic N) is 2. The van der Waals surface area contributed by atoms with Crippen LogP contribution in [0.4, 0.5) is 9.18 Å². The van der Waals surface area contributed by atoms with Crippen molar-refractivity contribution in [1.29, 1.82) is 0 Å². The summed E-state index contributed by atoms with van der Waals surface area (Å²) in [5, 5.41) is 11.5. The van der Waals surface area contributed by atoms with Crippen LogP contribution in [-0.2, 0) is 18.0 Å². The summed E-state index contributed by atoms with van der Waals surface area (Å²) in [5.41, 5.74) is 6.88. The van der Waals surface area contributed by atoms with Crippen molar-refractivity contribution in [3.63, 3.8) is 0 Å². The quantitative estimate of drug-likeness (QED) is 0.363. The second-order valence-corrected chi connectivity index (χ2v) is 8.50. The lowest BCUT2D eigenvalue weighted by molar-refractivity contribution is 0.0944. The third-order valence-electron chi connectivity index (χ3n) is 5.18. The van der Waals surface area contributed by atoms with Gasteiger partial charge in [0.1, 0.15) is 29.3 Å². The van der Waals surface area contributed by atoms with Gasteiger partial charge in [-0.15, -0.1) is 0 Å². The van der Waals surface area contributed by atoms with E-state index >= 15 is 0 Å². The summed E-state index contributed by atoms with van der Waals surface area (Å²) < 4.78 is 25.6. The first kappa shape index (κ1) is 26.8. The number of primary amides is 1. The average molecular weight is 563 g/mol. The molecule has 3 rings (SSSR count). The SMILES string of the molecule is Cc1ccc(C(=O)NCCO)cc1-n1c(C)nc(OCc2ccc(F)cc2COC(N)=O)c(Br)c1=O. The number of hydrogen-bond acceptors (Lipinski definition) is 7. The molecule has 0 saturated carbocycles. The highest BCUT2D eigenvalue weighted by Crippen LogP contribution is 2.24. The van der Waals surface area contributed by atoms with E-state index in [1.807, 2.05) is 0 Å². The van der Waals surface area contributed by atoms with Crippen LogP contribution in [0.3, 0.4) is 0 Å². The number of aryl methyl sites for hydroxylation is 2. The fourth-order valence-corrected chi connectivity index (χ4v) is 3.77. The van der Waals surface area contributed by atoms with Crippen LogP contribution in [0.5, 0.6) is 5.88 Å². The standard InChI is InChI=1S/C24H24BrFN4O6/c1-13-3-4-15(21(32)28-7-8-31)10-19(13)30-14(2)29-22(20(25)23(30)33)35-11-16-5-6-18(26)9-17(16)12-36-24(27)34/h3-6,9-10,31H,7-8,11-12H2,1-2H3,(H2,27,34)(H,28,32). The van der Waals surface area contributed by atoms with Gasteiger partial charge in [-0.25, -0.2) is 9.18 Å². The van der Waals surface area contributed by atoms with Crippen molar-refractivity contribution >= 4 is 27.9 Å². The summed E-state index contributed by atoms with van der Waals surface area (Å²) in [6.45, 7) is 2.97. The third kappa shape index (κ3) is 6.26. The fraction of sp³-hybridized carbons (Fsp3) is 0.250. The molecule has 36 heavy (non-hydrogen) atoms. The Morgan fingerprint density at radius 1 is 1.17 bits per heavy atom. The molecule has 1 aromatic heterocycles. The van der Waals surface area contributed by atoms with Gasteiger partial charge in [0, 0.05) is 12.1 Å². The van der Waals surface area contributed by atoms with Gasteiger partial charge in [-0.3, -0.25) is 14.2 Å². The van der Waals surface area contributed by atoms with Crippen molar-refractivity contribution in [1.82, 2.24) is 14.9 Å². The minimum atomic E-state index is -1.000. The molecule has 190 valence electrons. The number of aliphatic hydroxyl groups is 1. The van der Waals surface area contributed by atoms with Gasteiger partial charge >= 0.3 is 6.09 Å². The zero-order chi connectivity index (χ0) is 26.4. The number of rotatable bonds is 9. The van der Waals surface area contributed by atoms with E-state index in [1.165, 1.54) is 22.8 Å². The Bertz CT molecular complexity index is 1360. The Balaban J connectivity index is 1.92. The number of carbonyl (C=O) groups is 2. The van der Waals surface area contributed by atoms with Crippen molar-refractivity contribution in [2.24, 2.45) is 5.73 Å². The van der Waals surface area contributed by atoms with Crippen LogP contribution in [0.25, 0.3) is 5.69 Å². The highest BCUT2D eigenvalue weighted by Gasteiger charge is 2.18. The predicted molar refractivity (Wildman–Crippen MR) is 132 cm³/mol. The number of aliphatic hydroxyl groups excluding tert-OH is 1. The molecule has 3 aromatic rings. The summed E-state index contributed by atoms with van der Waals surface area (Å²) >= 11 is 3.25. The van der Waals surface area contributed by atoms with E-state index in [1.54, 1.807) is 32.0 Å². The molecule has 0 bridgehead atoms. The molecule has 0 saturated heterocycles. The van der Waals surface area contributed by atoms with Crippen LogP contribution < -0.4 is 21.3 Å². The van der Waals surface area contributed by atoms with Crippen LogP contribution in [0.2, 0.25) is 0 Å². The van der Waals surface area contributed by atoms with Crippen LogP contribution >= 0.6 is 15.9 Å². The van der Waals surface area contributed by atoms with E-state index in [0.29, 0.717) is 28.2 Å². The number of benzene rings is 2. The van der Waals surface area contributed by atoms with Gasteiger partial charge in [0.2, 0.25) is 5.88 Å². The van der Waals surface area contributed by atoms with Gasteiger partial charge < -0.3 is 25.6 Å². The van der Waals surface area contributed by atoms with Gasteiger partial charge in [-0.1, -0.05) is 12.1 Å². The second kappa shape index (κ2) is 11.8. The molecule has 2 aromatic carbocycles. The Morgan fingerprint density at radius 2 is 1.92 bits per heavy atom. The fourth-order valence-electron chi connectivity index (χ4n) is 3.39. The van der Waals surface area contributed by atoms with Gasteiger partial charge in [0.05, 0.1) is 12.3 Å². The lowest BCUT2D eigenvalue weighted by Crippen LogP contribution is -2.27. The summed E-state index contributed by atoms with van der Waals surface area (Å²) in [5.74, 6) is -0.611. The lowest BCUT2D eigenvalue weighted by Gasteiger charge is -2.17. The topological polar surface area (TPSA) is 146 Å². The maximum absolute atomic E-state index is 13.7. The maximum Gasteiger partial charge on any atom is 0.404 e. The molecule has 4 N–H and O–H groups in total. The smallest absolute Gasteiger partial charge is 0.404 e. The summed E-state index contributed by atoms with van der Waals surface area (Å²) in [7, 11) is 0. The number of halogens is 2. The van der Waals surface area contributed by atoms with Crippen molar-refractivity contribution in [3.05, 3.63) is 85.1 Å². The van der Waals surface area contributed by atoms with E-state index in [9.17, 15) is 18.8 Å². The minimum Gasteiger partial charge on any atom is -0.472 e. The number of hydrogen-bond donors (Lipinski definition) is 3. The molecule has 1 heterocycles. The Hall–Kier alpha value is -3.77. The zero-order valence-corrected chi connectivity index (χ0v) is 21.1. The van der Waals surface area contributed by atoms with Crippen molar-refractivity contribution in [2.45, 2.75) is 27.1 Å². The monoisotopic (exact) mass is 562 g/mol. The maximum atomic E-state index is 13.7. The highest BCUT2D eigenvalue weighted by molar-refractivity contribution is 9.10. The zero-order valence-electron chi connectivity index (χ0n) is 19.5. The molecular formula is C24H24BrFN4O6. The molecule has 0 fully saturated rings. The van der Waals surface area contributed by atoms with Gasteiger partial charge in [-0.2, -0.15) is 4.98 Å². The van der Waals surface area contributed by atoms with Crippen LogP contribution in [0.1, 0.15) is 32.9 Å². The number of amides is 2. The van der Waals surface area contributed by atoms with Gasteiger partial charge in [-0.05, 0) is 70.7 Å². The number of ether oxygens (including phenoxy) is 2. The Morgan fingerprint density at radius 3 is 2.61 bits per heavy atom. The van der Waals surface area contributed by atoms with E-state index in [0.717, 1.165) is 5.56 Å². The number of aromatic nitrogens is 2. The number of nitrogens with two attached hydrogens (primary N) is 1.